The number of urea groups is 1. The summed E-state index contributed by atoms with van der Waals surface area (Å²) >= 11 is 1.62. The third-order valence-electron chi connectivity index (χ3n) is 2.70. The molecule has 0 aliphatic rings. The molecule has 2 heterocycles. The minimum absolute atomic E-state index is 0.157. The average Bonchev–Trinajstić information content (AvgIpc) is 3.08. The molecule has 6 nitrogen and oxygen atoms in total. The van der Waals surface area contributed by atoms with Gasteiger partial charge in [0, 0.05) is 6.54 Å². The molecule has 0 radical (unpaired) electrons. The number of thiophene rings is 1. The van der Waals surface area contributed by atoms with E-state index in [1.54, 1.807) is 23.5 Å². The van der Waals surface area contributed by atoms with E-state index in [1.165, 1.54) is 6.26 Å². The summed E-state index contributed by atoms with van der Waals surface area (Å²) in [6.45, 7) is 1.08. The number of carbonyl (C=O) groups excluding carboxylic acids is 2. The largest absolute Gasteiger partial charge is 0.467 e. The molecule has 2 aromatic rings. The van der Waals surface area contributed by atoms with E-state index in [2.05, 4.69) is 10.6 Å². The van der Waals surface area contributed by atoms with Crippen molar-refractivity contribution in [2.24, 2.45) is 0 Å². The summed E-state index contributed by atoms with van der Waals surface area (Å²) in [5.74, 6) is 0.289. The summed E-state index contributed by atoms with van der Waals surface area (Å²) in [5, 5.41) is 8.86. The van der Waals surface area contributed by atoms with E-state index in [0.717, 1.165) is 5.56 Å². The molecule has 2 rings (SSSR count). The molecule has 0 aromatic carbocycles. The van der Waals surface area contributed by atoms with Gasteiger partial charge >= 0.3 is 6.03 Å². The van der Waals surface area contributed by atoms with Crippen LogP contribution in [0.5, 0.6) is 0 Å². The van der Waals surface area contributed by atoms with E-state index < -0.39 is 6.03 Å². The Balaban J connectivity index is 1.67. The Kier molecular flexibility index (Phi) is 5.53. The Hall–Kier alpha value is -2.12. The molecule has 0 spiro atoms. The lowest BCUT2D eigenvalue weighted by molar-refractivity contribution is -0.120. The van der Waals surface area contributed by atoms with Gasteiger partial charge in [-0.05, 0) is 41.6 Å². The molecule has 21 heavy (non-hydrogen) atoms. The smallest absolute Gasteiger partial charge is 0.321 e. The second-order valence-corrected chi connectivity index (χ2v) is 5.39. The van der Waals surface area contributed by atoms with Crippen LogP contribution in [-0.4, -0.2) is 30.4 Å². The summed E-state index contributed by atoms with van der Waals surface area (Å²) in [4.78, 5) is 25.1. The van der Waals surface area contributed by atoms with Crippen LogP contribution >= 0.6 is 11.3 Å². The monoisotopic (exact) mass is 307 g/mol. The fourth-order valence-electron chi connectivity index (χ4n) is 1.79. The number of hydrogen-bond donors (Lipinski definition) is 2. The lowest BCUT2D eigenvalue weighted by atomic mass is 10.3. The number of likely N-dealkylation sites (N-methyl/N-ethyl adjacent to an activating group) is 1. The third-order valence-corrected chi connectivity index (χ3v) is 3.43. The number of rotatable bonds is 6. The highest BCUT2D eigenvalue weighted by molar-refractivity contribution is 7.07. The molecule has 0 aliphatic carbocycles. The molecule has 3 amide bonds. The van der Waals surface area contributed by atoms with Gasteiger partial charge in [0.1, 0.15) is 5.76 Å². The number of amides is 3. The van der Waals surface area contributed by atoms with Crippen LogP contribution in [-0.2, 0) is 17.9 Å². The normalized spacial score (nSPS) is 10.6. The van der Waals surface area contributed by atoms with Crippen molar-refractivity contribution in [2.75, 3.05) is 13.6 Å². The van der Waals surface area contributed by atoms with E-state index >= 15 is 0 Å². The van der Waals surface area contributed by atoms with Gasteiger partial charge < -0.3 is 9.73 Å². The molecule has 0 unspecified atom stereocenters. The van der Waals surface area contributed by atoms with Crippen LogP contribution in [0.3, 0.4) is 0 Å². The van der Waals surface area contributed by atoms with E-state index in [4.69, 9.17) is 4.42 Å². The van der Waals surface area contributed by atoms with Crippen molar-refractivity contribution < 1.29 is 14.0 Å². The predicted octanol–water partition coefficient (Wildman–Crippen LogP) is 1.80. The summed E-state index contributed by atoms with van der Waals surface area (Å²) in [6.07, 6.45) is 1.53. The molecule has 0 fully saturated rings. The molecule has 2 aromatic heterocycles. The highest BCUT2D eigenvalue weighted by Crippen LogP contribution is 2.07. The fourth-order valence-corrected chi connectivity index (χ4v) is 2.45. The average molecular weight is 307 g/mol. The summed E-state index contributed by atoms with van der Waals surface area (Å²) in [6, 6.07) is 4.96. The topological polar surface area (TPSA) is 74.6 Å². The van der Waals surface area contributed by atoms with Gasteiger partial charge in [0.15, 0.2) is 0 Å². The van der Waals surface area contributed by atoms with Crippen molar-refractivity contribution in [3.63, 3.8) is 0 Å². The molecule has 7 heteroatoms. The minimum Gasteiger partial charge on any atom is -0.467 e. The van der Waals surface area contributed by atoms with Crippen LogP contribution in [0.4, 0.5) is 4.79 Å². The molecule has 0 atom stereocenters. The van der Waals surface area contributed by atoms with Gasteiger partial charge in [0.2, 0.25) is 5.91 Å². The fraction of sp³-hybridized carbons (Fsp3) is 0.286. The van der Waals surface area contributed by atoms with Crippen LogP contribution < -0.4 is 10.6 Å². The SMILES string of the molecule is CN(CC(=O)NC(=O)NCc1ccco1)Cc1ccsc1. The van der Waals surface area contributed by atoms with Gasteiger partial charge in [-0.3, -0.25) is 15.0 Å². The maximum absolute atomic E-state index is 11.7. The van der Waals surface area contributed by atoms with Gasteiger partial charge in [0.05, 0.1) is 19.4 Å². The van der Waals surface area contributed by atoms with Crippen LogP contribution in [0.15, 0.2) is 39.6 Å². The number of carbonyl (C=O) groups is 2. The maximum atomic E-state index is 11.7. The number of hydrogen-bond acceptors (Lipinski definition) is 5. The molecule has 0 saturated heterocycles. The molecular formula is C14H17N3O3S. The van der Waals surface area contributed by atoms with Crippen molar-refractivity contribution in [1.29, 1.82) is 0 Å². The number of furan rings is 1. The Morgan fingerprint density at radius 2 is 2.24 bits per heavy atom. The summed E-state index contributed by atoms with van der Waals surface area (Å²) in [7, 11) is 1.83. The standard InChI is InChI=1S/C14H17N3O3S/c1-17(8-11-4-6-21-10-11)9-13(18)16-14(19)15-7-12-3-2-5-20-12/h2-6,10H,7-9H2,1H3,(H2,15,16,18,19). The second kappa shape index (κ2) is 7.61. The van der Waals surface area contributed by atoms with E-state index in [-0.39, 0.29) is 19.0 Å². The molecule has 0 bridgehead atoms. The van der Waals surface area contributed by atoms with Crippen LogP contribution in [0, 0.1) is 0 Å². The molecule has 0 saturated carbocycles. The zero-order chi connectivity index (χ0) is 15.1. The van der Waals surface area contributed by atoms with Gasteiger partial charge in [-0.2, -0.15) is 11.3 Å². The third kappa shape index (κ3) is 5.41. The van der Waals surface area contributed by atoms with Gasteiger partial charge in [0.25, 0.3) is 0 Å². The Labute approximate surface area is 126 Å². The zero-order valence-electron chi connectivity index (χ0n) is 11.7. The van der Waals surface area contributed by atoms with Crippen molar-refractivity contribution in [2.45, 2.75) is 13.1 Å². The first-order valence-corrected chi connectivity index (χ1v) is 7.37. The summed E-state index contributed by atoms with van der Waals surface area (Å²) < 4.78 is 5.08. The Bertz CT molecular complexity index is 566. The first kappa shape index (κ1) is 15.3. The van der Waals surface area contributed by atoms with Crippen LogP contribution in [0.25, 0.3) is 0 Å². The predicted molar refractivity (Wildman–Crippen MR) is 79.7 cm³/mol. The van der Waals surface area contributed by atoms with E-state index in [9.17, 15) is 9.59 Å². The zero-order valence-corrected chi connectivity index (χ0v) is 12.5. The molecule has 2 N–H and O–H groups in total. The van der Waals surface area contributed by atoms with Crippen molar-refractivity contribution in [3.05, 3.63) is 46.5 Å². The van der Waals surface area contributed by atoms with Gasteiger partial charge in [-0.1, -0.05) is 0 Å². The number of nitrogens with zero attached hydrogens (tertiary/aromatic N) is 1. The van der Waals surface area contributed by atoms with Crippen molar-refractivity contribution >= 4 is 23.3 Å². The lowest BCUT2D eigenvalue weighted by Crippen LogP contribution is -2.43. The number of imide groups is 1. The Morgan fingerprint density at radius 1 is 1.38 bits per heavy atom. The lowest BCUT2D eigenvalue weighted by Gasteiger charge is -2.15. The van der Waals surface area contributed by atoms with Gasteiger partial charge in [-0.25, -0.2) is 4.79 Å². The first-order chi connectivity index (χ1) is 10.1. The maximum Gasteiger partial charge on any atom is 0.321 e. The highest BCUT2D eigenvalue weighted by Gasteiger charge is 2.11. The quantitative estimate of drug-likeness (QED) is 0.853. The van der Waals surface area contributed by atoms with Crippen LogP contribution in [0.2, 0.25) is 0 Å². The Morgan fingerprint density at radius 3 is 2.90 bits per heavy atom. The van der Waals surface area contributed by atoms with Crippen molar-refractivity contribution in [1.82, 2.24) is 15.5 Å². The number of nitrogens with one attached hydrogen (secondary N) is 2. The van der Waals surface area contributed by atoms with E-state index in [1.807, 2.05) is 28.8 Å². The molecule has 0 aliphatic heterocycles. The van der Waals surface area contributed by atoms with Crippen molar-refractivity contribution in [3.8, 4) is 0 Å². The van der Waals surface area contributed by atoms with Crippen LogP contribution in [0.1, 0.15) is 11.3 Å². The van der Waals surface area contributed by atoms with E-state index in [0.29, 0.717) is 12.3 Å². The summed E-state index contributed by atoms with van der Waals surface area (Å²) in [5.41, 5.74) is 1.15. The second-order valence-electron chi connectivity index (χ2n) is 4.61. The molecule has 112 valence electrons. The highest BCUT2D eigenvalue weighted by atomic mass is 32.1. The minimum atomic E-state index is -0.527. The molecular weight excluding hydrogens is 290 g/mol. The van der Waals surface area contributed by atoms with Gasteiger partial charge in [-0.15, -0.1) is 0 Å². The first-order valence-electron chi connectivity index (χ1n) is 6.43.